The van der Waals surface area contributed by atoms with Crippen molar-refractivity contribution in [3.8, 4) is 0 Å². The molecule has 0 aromatic carbocycles. The van der Waals surface area contributed by atoms with Crippen molar-refractivity contribution in [2.75, 3.05) is 18.5 Å². The Balaban J connectivity index is 2.25. The van der Waals surface area contributed by atoms with E-state index in [2.05, 4.69) is 10.1 Å². The molecule has 0 amide bonds. The third-order valence-electron chi connectivity index (χ3n) is 3.80. The van der Waals surface area contributed by atoms with Gasteiger partial charge < -0.3 is 15.8 Å². The Kier molecular flexibility index (Phi) is 4.56. The van der Waals surface area contributed by atoms with E-state index in [1.807, 2.05) is 11.9 Å². The maximum atomic E-state index is 11.0. The molecule has 1 aliphatic carbocycles. The van der Waals surface area contributed by atoms with E-state index in [0.29, 0.717) is 11.7 Å². The van der Waals surface area contributed by atoms with Crippen LogP contribution < -0.4 is 10.6 Å². The van der Waals surface area contributed by atoms with Gasteiger partial charge in [0.05, 0.1) is 4.92 Å². The van der Waals surface area contributed by atoms with E-state index in [9.17, 15) is 10.1 Å². The first-order valence-corrected chi connectivity index (χ1v) is 6.87. The molecule has 3 N–H and O–H groups in total. The van der Waals surface area contributed by atoms with Crippen molar-refractivity contribution in [3.05, 3.63) is 27.9 Å². The van der Waals surface area contributed by atoms with Gasteiger partial charge in [-0.25, -0.2) is 4.98 Å². The number of oxime groups is 1. The minimum Gasteiger partial charge on any atom is -0.409 e. The molecule has 1 heterocycles. The number of nitrogens with two attached hydrogens (primary N) is 1. The fourth-order valence-corrected chi connectivity index (χ4v) is 2.71. The molecule has 1 aromatic rings. The van der Waals surface area contributed by atoms with Crippen molar-refractivity contribution in [1.29, 1.82) is 0 Å². The molecular formula is C13H19N5O3. The number of amidine groups is 1. The Bertz CT molecular complexity index is 555. The average molecular weight is 293 g/mol. The van der Waals surface area contributed by atoms with Gasteiger partial charge >= 0.3 is 0 Å². The van der Waals surface area contributed by atoms with Crippen LogP contribution in [0.25, 0.3) is 0 Å². The van der Waals surface area contributed by atoms with E-state index in [1.54, 1.807) is 6.07 Å². The van der Waals surface area contributed by atoms with Crippen LogP contribution in [0.4, 0.5) is 11.5 Å². The number of hydrogen-bond donors (Lipinski definition) is 2. The maximum Gasteiger partial charge on any atom is 0.298 e. The smallest absolute Gasteiger partial charge is 0.298 e. The van der Waals surface area contributed by atoms with Crippen LogP contribution >= 0.6 is 0 Å². The van der Waals surface area contributed by atoms with Crippen LogP contribution in [-0.2, 0) is 0 Å². The number of nitrogens with zero attached hydrogens (tertiary/aromatic N) is 4. The van der Waals surface area contributed by atoms with Crippen LogP contribution in [0.1, 0.15) is 31.4 Å². The summed E-state index contributed by atoms with van der Waals surface area (Å²) in [6.07, 6.45) is 4.90. The van der Waals surface area contributed by atoms with Crippen molar-refractivity contribution >= 4 is 17.3 Å². The van der Waals surface area contributed by atoms with Gasteiger partial charge in [-0.15, -0.1) is 0 Å². The fraction of sp³-hybridized carbons (Fsp3) is 0.538. The van der Waals surface area contributed by atoms with Crippen molar-refractivity contribution in [1.82, 2.24) is 4.98 Å². The zero-order valence-electron chi connectivity index (χ0n) is 11.9. The summed E-state index contributed by atoms with van der Waals surface area (Å²) in [5.41, 5.74) is 5.09. The second kappa shape index (κ2) is 6.38. The fourth-order valence-electron chi connectivity index (χ4n) is 2.71. The molecule has 1 fully saturated rings. The minimum absolute atomic E-state index is 0.113. The van der Waals surface area contributed by atoms with Crippen LogP contribution in [0, 0.1) is 16.0 Å². The highest BCUT2D eigenvalue weighted by molar-refractivity contribution is 5.99. The number of anilines is 1. The first kappa shape index (κ1) is 15.0. The zero-order valence-corrected chi connectivity index (χ0v) is 11.9. The van der Waals surface area contributed by atoms with Crippen molar-refractivity contribution in [2.45, 2.75) is 25.7 Å². The monoisotopic (exact) mass is 293 g/mol. The van der Waals surface area contributed by atoms with Crippen LogP contribution in [-0.4, -0.2) is 34.5 Å². The molecule has 0 radical (unpaired) electrons. The number of rotatable bonds is 5. The second-order valence-corrected chi connectivity index (χ2v) is 5.31. The van der Waals surface area contributed by atoms with E-state index in [-0.39, 0.29) is 17.2 Å². The van der Waals surface area contributed by atoms with E-state index < -0.39 is 4.92 Å². The molecule has 0 bridgehead atoms. The predicted molar refractivity (Wildman–Crippen MR) is 78.6 cm³/mol. The Morgan fingerprint density at radius 3 is 2.81 bits per heavy atom. The summed E-state index contributed by atoms with van der Waals surface area (Å²) in [4.78, 5) is 16.5. The standard InChI is InChI=1S/C13H19N5O3/c1-17(8-9-4-2-3-5-9)11-7-6-10(18(20)21)12(15-11)13(14)16-19/h6-7,9,19H,2-5,8H2,1H3,(H2,14,16). The van der Waals surface area contributed by atoms with E-state index in [4.69, 9.17) is 10.9 Å². The minimum atomic E-state index is -0.596. The maximum absolute atomic E-state index is 11.0. The average Bonchev–Trinajstić information content (AvgIpc) is 2.98. The molecular weight excluding hydrogens is 274 g/mol. The number of pyridine rings is 1. The van der Waals surface area contributed by atoms with Crippen LogP contribution in [0.2, 0.25) is 0 Å². The van der Waals surface area contributed by atoms with Crippen molar-refractivity contribution in [2.24, 2.45) is 16.8 Å². The zero-order chi connectivity index (χ0) is 15.4. The summed E-state index contributed by atoms with van der Waals surface area (Å²) in [7, 11) is 1.89. The molecule has 8 heteroatoms. The Morgan fingerprint density at radius 2 is 2.24 bits per heavy atom. The van der Waals surface area contributed by atoms with Gasteiger partial charge in [0.25, 0.3) is 5.69 Å². The molecule has 21 heavy (non-hydrogen) atoms. The molecule has 114 valence electrons. The SMILES string of the molecule is CN(CC1CCCC1)c1ccc([N+](=O)[O-])c(/C(N)=N/O)n1. The Hall–Kier alpha value is -2.38. The molecule has 0 aliphatic heterocycles. The highest BCUT2D eigenvalue weighted by atomic mass is 16.6. The quantitative estimate of drug-likeness (QED) is 0.280. The highest BCUT2D eigenvalue weighted by Crippen LogP contribution is 2.27. The van der Waals surface area contributed by atoms with E-state index in [1.165, 1.54) is 31.7 Å². The third-order valence-corrected chi connectivity index (χ3v) is 3.80. The van der Waals surface area contributed by atoms with Gasteiger partial charge in [0.15, 0.2) is 11.5 Å². The van der Waals surface area contributed by atoms with Crippen LogP contribution in [0.15, 0.2) is 17.3 Å². The molecule has 1 saturated carbocycles. The lowest BCUT2D eigenvalue weighted by Crippen LogP contribution is -2.26. The van der Waals surface area contributed by atoms with Gasteiger partial charge in [-0.3, -0.25) is 10.1 Å². The van der Waals surface area contributed by atoms with Gasteiger partial charge in [0, 0.05) is 19.7 Å². The van der Waals surface area contributed by atoms with Gasteiger partial charge in [0.1, 0.15) is 5.82 Å². The lowest BCUT2D eigenvalue weighted by Gasteiger charge is -2.22. The summed E-state index contributed by atoms with van der Waals surface area (Å²) in [5.74, 6) is 0.839. The van der Waals surface area contributed by atoms with Gasteiger partial charge in [-0.2, -0.15) is 0 Å². The van der Waals surface area contributed by atoms with Crippen molar-refractivity contribution in [3.63, 3.8) is 0 Å². The Labute approximate surface area is 122 Å². The molecule has 2 rings (SSSR count). The number of aromatic nitrogens is 1. The molecule has 0 saturated heterocycles. The van der Waals surface area contributed by atoms with Gasteiger partial charge in [-0.1, -0.05) is 18.0 Å². The van der Waals surface area contributed by atoms with Crippen molar-refractivity contribution < 1.29 is 10.1 Å². The van der Waals surface area contributed by atoms with Crippen LogP contribution in [0.3, 0.4) is 0 Å². The highest BCUT2D eigenvalue weighted by Gasteiger charge is 2.22. The second-order valence-electron chi connectivity index (χ2n) is 5.31. The summed E-state index contributed by atoms with van der Waals surface area (Å²) in [6.45, 7) is 0.848. The lowest BCUT2D eigenvalue weighted by molar-refractivity contribution is -0.385. The summed E-state index contributed by atoms with van der Waals surface area (Å²) in [6, 6.07) is 2.92. The summed E-state index contributed by atoms with van der Waals surface area (Å²) >= 11 is 0. The molecule has 0 atom stereocenters. The molecule has 0 unspecified atom stereocenters. The van der Waals surface area contributed by atoms with E-state index >= 15 is 0 Å². The predicted octanol–water partition coefficient (Wildman–Crippen LogP) is 1.71. The number of hydrogen-bond acceptors (Lipinski definition) is 6. The van der Waals surface area contributed by atoms with Gasteiger partial charge in [0.2, 0.25) is 0 Å². The molecule has 0 spiro atoms. The summed E-state index contributed by atoms with van der Waals surface area (Å²) < 4.78 is 0. The first-order valence-electron chi connectivity index (χ1n) is 6.87. The van der Waals surface area contributed by atoms with E-state index in [0.717, 1.165) is 6.54 Å². The third kappa shape index (κ3) is 3.39. The van der Waals surface area contributed by atoms with Crippen LogP contribution in [0.5, 0.6) is 0 Å². The molecule has 1 aliphatic rings. The molecule has 8 nitrogen and oxygen atoms in total. The lowest BCUT2D eigenvalue weighted by atomic mass is 10.1. The topological polar surface area (TPSA) is 118 Å². The summed E-state index contributed by atoms with van der Waals surface area (Å²) in [5, 5.41) is 22.5. The Morgan fingerprint density at radius 1 is 1.57 bits per heavy atom. The normalized spacial score (nSPS) is 16.1. The van der Waals surface area contributed by atoms with Gasteiger partial charge in [-0.05, 0) is 24.8 Å². The number of nitro groups is 1. The largest absolute Gasteiger partial charge is 0.409 e. The molecule has 1 aromatic heterocycles. The first-order chi connectivity index (χ1) is 10.0.